The van der Waals surface area contributed by atoms with Crippen molar-refractivity contribution >= 4 is 23.6 Å². The number of piperidine rings is 1. The van der Waals surface area contributed by atoms with E-state index in [0.717, 1.165) is 0 Å². The highest BCUT2D eigenvalue weighted by Gasteiger charge is 2.28. The summed E-state index contributed by atoms with van der Waals surface area (Å²) in [5, 5.41) is 20.1. The molecule has 2 rings (SSSR count). The Morgan fingerprint density at radius 2 is 1.77 bits per heavy atom. The van der Waals surface area contributed by atoms with Crippen molar-refractivity contribution in [3.63, 3.8) is 0 Å². The Balaban J connectivity index is 2.05. The minimum atomic E-state index is -0.773. The van der Waals surface area contributed by atoms with Crippen molar-refractivity contribution in [3.8, 4) is 0 Å². The molecule has 8 heteroatoms. The largest absolute Gasteiger partial charge is 0.444 e. The molecule has 0 aliphatic carbocycles. The summed E-state index contributed by atoms with van der Waals surface area (Å²) in [5.74, 6) is -1.15. The first-order chi connectivity index (χ1) is 14.0. The number of amides is 2. The van der Waals surface area contributed by atoms with E-state index in [0.29, 0.717) is 25.9 Å². The van der Waals surface area contributed by atoms with Gasteiger partial charge in [0.15, 0.2) is 5.78 Å². The smallest absolute Gasteiger partial charge is 0.413 e. The molecule has 30 heavy (non-hydrogen) atoms. The van der Waals surface area contributed by atoms with Crippen molar-refractivity contribution in [1.82, 2.24) is 10.2 Å². The molecule has 2 amide bonds. The van der Waals surface area contributed by atoms with E-state index < -0.39 is 17.6 Å². The first kappa shape index (κ1) is 23.5. The monoisotopic (exact) mass is 417 g/mol. The number of benzene rings is 1. The molecular formula is C22H31N3O5. The zero-order valence-corrected chi connectivity index (χ0v) is 18.0. The summed E-state index contributed by atoms with van der Waals surface area (Å²) in [7, 11) is 0. The lowest BCUT2D eigenvalue weighted by atomic mass is 9.94. The third-order valence-electron chi connectivity index (χ3n) is 4.81. The summed E-state index contributed by atoms with van der Waals surface area (Å²) in [5.41, 5.74) is -0.165. The third-order valence-corrected chi connectivity index (χ3v) is 4.81. The van der Waals surface area contributed by atoms with Gasteiger partial charge in [-0.05, 0) is 33.6 Å². The molecule has 164 valence electrons. The number of aliphatic hydroxyl groups excluding tert-OH is 1. The summed E-state index contributed by atoms with van der Waals surface area (Å²) < 4.78 is 5.16. The number of nitrogens with one attached hydrogen (secondary N) is 2. The number of aliphatic hydroxyl groups is 1. The van der Waals surface area contributed by atoms with Crippen LogP contribution in [0.3, 0.4) is 0 Å². The number of likely N-dealkylation sites (tertiary alicyclic amines) is 1. The number of Topliss-reactive ketones (excluding diaryl/α,β-unsaturated/α-hetero) is 1. The van der Waals surface area contributed by atoms with Crippen molar-refractivity contribution in [2.24, 2.45) is 5.92 Å². The number of alkyl carbamates (subject to hydrolysis) is 1. The van der Waals surface area contributed by atoms with Crippen LogP contribution in [0.2, 0.25) is 0 Å². The number of nitrogens with zero attached hydrogens (tertiary/aromatic N) is 1. The van der Waals surface area contributed by atoms with Crippen LogP contribution >= 0.6 is 0 Å². The van der Waals surface area contributed by atoms with Crippen LogP contribution < -0.4 is 5.32 Å². The topological polar surface area (TPSA) is 120 Å². The highest BCUT2D eigenvalue weighted by Crippen LogP contribution is 2.19. The van der Waals surface area contributed by atoms with E-state index in [2.05, 4.69) is 5.32 Å². The Morgan fingerprint density at radius 3 is 2.33 bits per heavy atom. The second-order valence-electron chi connectivity index (χ2n) is 8.63. The van der Waals surface area contributed by atoms with Gasteiger partial charge in [0.05, 0.1) is 6.10 Å². The second kappa shape index (κ2) is 9.84. The van der Waals surface area contributed by atoms with Gasteiger partial charge in [-0.25, -0.2) is 4.79 Å². The van der Waals surface area contributed by atoms with Crippen LogP contribution in [0.4, 0.5) is 4.79 Å². The molecule has 1 aromatic carbocycles. The Kier molecular flexibility index (Phi) is 7.72. The SMILES string of the molecule is CC(CC(=O)c1ccccc1C(=N)NC(=O)OC(C)(C)C)C(=O)N1CCC(O)CC1. The van der Waals surface area contributed by atoms with Crippen LogP contribution in [-0.2, 0) is 9.53 Å². The van der Waals surface area contributed by atoms with E-state index in [1.807, 2.05) is 0 Å². The maximum Gasteiger partial charge on any atom is 0.413 e. The fourth-order valence-corrected chi connectivity index (χ4v) is 3.29. The van der Waals surface area contributed by atoms with Crippen LogP contribution in [0.1, 0.15) is 62.9 Å². The summed E-state index contributed by atoms with van der Waals surface area (Å²) in [6.07, 6.45) is -0.0629. The Bertz CT molecular complexity index is 807. The second-order valence-corrected chi connectivity index (χ2v) is 8.63. The van der Waals surface area contributed by atoms with E-state index in [1.165, 1.54) is 0 Å². The normalized spacial score (nSPS) is 16.0. The lowest BCUT2D eigenvalue weighted by Gasteiger charge is -2.31. The van der Waals surface area contributed by atoms with Crippen LogP contribution in [0.5, 0.6) is 0 Å². The van der Waals surface area contributed by atoms with Gasteiger partial charge in [-0.1, -0.05) is 31.2 Å². The fraction of sp³-hybridized carbons (Fsp3) is 0.545. The number of rotatable bonds is 5. The minimum Gasteiger partial charge on any atom is -0.444 e. The average molecular weight is 418 g/mol. The van der Waals surface area contributed by atoms with Gasteiger partial charge >= 0.3 is 6.09 Å². The number of amidine groups is 1. The van der Waals surface area contributed by atoms with Crippen molar-refractivity contribution in [1.29, 1.82) is 5.41 Å². The third kappa shape index (κ3) is 6.66. The van der Waals surface area contributed by atoms with E-state index in [4.69, 9.17) is 10.1 Å². The van der Waals surface area contributed by atoms with Crippen molar-refractivity contribution in [2.45, 2.75) is 58.7 Å². The fourth-order valence-electron chi connectivity index (χ4n) is 3.29. The molecule has 0 bridgehead atoms. The van der Waals surface area contributed by atoms with Crippen molar-refractivity contribution in [3.05, 3.63) is 35.4 Å². The highest BCUT2D eigenvalue weighted by molar-refractivity contribution is 6.12. The Morgan fingerprint density at radius 1 is 1.20 bits per heavy atom. The summed E-state index contributed by atoms with van der Waals surface area (Å²) in [6.45, 7) is 7.83. The van der Waals surface area contributed by atoms with E-state index in [9.17, 15) is 19.5 Å². The maximum atomic E-state index is 12.9. The molecule has 0 radical (unpaired) electrons. The van der Waals surface area contributed by atoms with Gasteiger partial charge in [-0.2, -0.15) is 0 Å². The number of ether oxygens (including phenoxy) is 1. The first-order valence-electron chi connectivity index (χ1n) is 10.2. The molecule has 1 unspecified atom stereocenters. The highest BCUT2D eigenvalue weighted by atomic mass is 16.6. The molecule has 0 spiro atoms. The molecule has 1 aromatic rings. The molecule has 0 aromatic heterocycles. The summed E-state index contributed by atoms with van der Waals surface area (Å²) >= 11 is 0. The van der Waals surface area contributed by atoms with Gasteiger partial charge in [0, 0.05) is 36.6 Å². The zero-order valence-electron chi connectivity index (χ0n) is 18.0. The van der Waals surface area contributed by atoms with E-state index in [1.54, 1.807) is 56.9 Å². The average Bonchev–Trinajstić information content (AvgIpc) is 2.66. The van der Waals surface area contributed by atoms with E-state index in [-0.39, 0.29) is 41.2 Å². The predicted molar refractivity (Wildman–Crippen MR) is 113 cm³/mol. The Hall–Kier alpha value is -2.74. The zero-order chi connectivity index (χ0) is 22.5. The van der Waals surface area contributed by atoms with Crippen LogP contribution in [0.25, 0.3) is 0 Å². The summed E-state index contributed by atoms with van der Waals surface area (Å²) in [4.78, 5) is 39.2. The lowest BCUT2D eigenvalue weighted by molar-refractivity contribution is -0.136. The van der Waals surface area contributed by atoms with Crippen molar-refractivity contribution < 1.29 is 24.2 Å². The molecule has 1 heterocycles. The lowest BCUT2D eigenvalue weighted by Crippen LogP contribution is -2.43. The number of ketones is 1. The molecule has 1 aliphatic rings. The molecular weight excluding hydrogens is 386 g/mol. The molecule has 0 saturated carbocycles. The van der Waals surface area contributed by atoms with Gasteiger partial charge in [-0.3, -0.25) is 20.3 Å². The first-order valence-corrected chi connectivity index (χ1v) is 10.2. The van der Waals surface area contributed by atoms with Gasteiger partial charge in [-0.15, -0.1) is 0 Å². The molecule has 1 atom stereocenters. The number of carbonyl (C=O) groups excluding carboxylic acids is 3. The van der Waals surface area contributed by atoms with Crippen molar-refractivity contribution in [2.75, 3.05) is 13.1 Å². The van der Waals surface area contributed by atoms with E-state index >= 15 is 0 Å². The molecule has 1 fully saturated rings. The minimum absolute atomic E-state index is 0.00534. The predicted octanol–water partition coefficient (Wildman–Crippen LogP) is 2.73. The molecule has 8 nitrogen and oxygen atoms in total. The van der Waals surface area contributed by atoms with Gasteiger partial charge in [0.2, 0.25) is 5.91 Å². The maximum absolute atomic E-state index is 12.9. The van der Waals surface area contributed by atoms with Gasteiger partial charge < -0.3 is 14.7 Å². The summed E-state index contributed by atoms with van der Waals surface area (Å²) in [6, 6.07) is 6.50. The molecule has 1 aliphatic heterocycles. The van der Waals surface area contributed by atoms with Gasteiger partial charge in [0.1, 0.15) is 11.4 Å². The van der Waals surface area contributed by atoms with Crippen LogP contribution in [-0.4, -0.2) is 58.4 Å². The number of hydrogen-bond donors (Lipinski definition) is 3. The standard InChI is InChI=1S/C22H31N3O5/c1-14(20(28)25-11-9-15(26)10-12-25)13-18(27)16-7-5-6-8-17(16)19(23)24-21(29)30-22(2,3)4/h5-8,14-15,26H,9-13H2,1-4H3,(H2,23,24,29). The number of carbonyl (C=O) groups is 3. The Labute approximate surface area is 177 Å². The molecule has 3 N–H and O–H groups in total. The quantitative estimate of drug-likeness (QED) is 0.387. The van der Waals surface area contributed by atoms with Crippen LogP contribution in [0.15, 0.2) is 24.3 Å². The molecule has 1 saturated heterocycles. The number of hydrogen-bond acceptors (Lipinski definition) is 6. The van der Waals surface area contributed by atoms with Crippen LogP contribution in [0, 0.1) is 11.3 Å². The van der Waals surface area contributed by atoms with Gasteiger partial charge in [0.25, 0.3) is 0 Å².